The molecule has 0 spiro atoms. The van der Waals surface area contributed by atoms with Crippen molar-refractivity contribution in [2.45, 2.75) is 19.3 Å². The van der Waals surface area contributed by atoms with Gasteiger partial charge in [0, 0.05) is 56.4 Å². The fourth-order valence-corrected chi connectivity index (χ4v) is 4.04. The molecule has 4 heterocycles. The first-order valence-electron chi connectivity index (χ1n) is 11.9. The molecule has 8 nitrogen and oxygen atoms in total. The van der Waals surface area contributed by atoms with E-state index < -0.39 is 0 Å². The van der Waals surface area contributed by atoms with Gasteiger partial charge in [-0.3, -0.25) is 4.79 Å². The Morgan fingerprint density at radius 2 is 1.91 bits per heavy atom. The summed E-state index contributed by atoms with van der Waals surface area (Å²) in [6.45, 7) is 3.43. The van der Waals surface area contributed by atoms with E-state index in [1.807, 2.05) is 47.6 Å². The molecule has 2 aliphatic heterocycles. The van der Waals surface area contributed by atoms with Crippen molar-refractivity contribution in [3.05, 3.63) is 66.5 Å². The van der Waals surface area contributed by atoms with Crippen LogP contribution >= 0.6 is 0 Å². The van der Waals surface area contributed by atoms with Gasteiger partial charge in [0.15, 0.2) is 0 Å². The van der Waals surface area contributed by atoms with Crippen molar-refractivity contribution in [3.63, 3.8) is 0 Å². The zero-order valence-electron chi connectivity index (χ0n) is 19.5. The summed E-state index contributed by atoms with van der Waals surface area (Å²) >= 11 is 0. The lowest BCUT2D eigenvalue weighted by Gasteiger charge is -2.22. The minimum atomic E-state index is 0.0925. The lowest BCUT2D eigenvalue weighted by atomic mass is 10.1. The number of pyridine rings is 2. The fraction of sp³-hybridized carbons (Fsp3) is 0.346. The van der Waals surface area contributed by atoms with Crippen LogP contribution in [0.15, 0.2) is 60.9 Å². The summed E-state index contributed by atoms with van der Waals surface area (Å²) in [5, 5.41) is 9.94. The third-order valence-electron chi connectivity index (χ3n) is 5.84. The van der Waals surface area contributed by atoms with Crippen LogP contribution in [0.25, 0.3) is 11.1 Å². The maximum absolute atomic E-state index is 12.6. The van der Waals surface area contributed by atoms with Crippen LogP contribution < -0.4 is 21.7 Å². The second-order valence-corrected chi connectivity index (χ2v) is 8.42. The molecular weight excluding hydrogens is 426 g/mol. The topological polar surface area (TPSA) is 108 Å². The normalized spacial score (nSPS) is 15.6. The minimum Gasteiger partial charge on any atom is -0.369 e. The minimum absolute atomic E-state index is 0.0925. The molecule has 5 N–H and O–H groups in total. The SMILES string of the molecule is NCCN1CCCCc2cccc(c2)Nc2cc(ccn2)-c2ccc(nc2)NCCNCC1=O. The molecule has 0 fully saturated rings. The Kier molecular flexibility index (Phi) is 8.43. The molecule has 0 saturated heterocycles. The number of anilines is 3. The second-order valence-electron chi connectivity index (χ2n) is 8.42. The maximum atomic E-state index is 12.6. The molecule has 0 atom stereocenters. The predicted molar refractivity (Wildman–Crippen MR) is 137 cm³/mol. The van der Waals surface area contributed by atoms with Gasteiger partial charge in [-0.1, -0.05) is 12.1 Å². The first-order valence-corrected chi connectivity index (χ1v) is 11.9. The van der Waals surface area contributed by atoms with Gasteiger partial charge in [0.05, 0.1) is 6.54 Å². The molecule has 0 aliphatic carbocycles. The predicted octanol–water partition coefficient (Wildman–Crippen LogP) is 3.01. The van der Waals surface area contributed by atoms with Crippen LogP contribution in [0, 0.1) is 0 Å². The van der Waals surface area contributed by atoms with Gasteiger partial charge >= 0.3 is 0 Å². The molecule has 1 amide bonds. The molecule has 178 valence electrons. The number of carbonyl (C=O) groups excluding carboxylic acids is 1. The largest absolute Gasteiger partial charge is 0.369 e. The van der Waals surface area contributed by atoms with E-state index in [4.69, 9.17) is 5.73 Å². The molecular formula is C26H33N7O. The number of fused-ring (bicyclic) bond motifs is 12. The van der Waals surface area contributed by atoms with Crippen molar-refractivity contribution in [2.24, 2.45) is 5.73 Å². The Labute approximate surface area is 201 Å². The highest BCUT2D eigenvalue weighted by Crippen LogP contribution is 2.24. The second kappa shape index (κ2) is 12.1. The summed E-state index contributed by atoms with van der Waals surface area (Å²) in [7, 11) is 0. The monoisotopic (exact) mass is 459 g/mol. The maximum Gasteiger partial charge on any atom is 0.236 e. The molecule has 0 radical (unpaired) electrons. The molecule has 2 aliphatic rings. The van der Waals surface area contributed by atoms with Crippen molar-refractivity contribution in [1.29, 1.82) is 0 Å². The number of nitrogens with one attached hydrogen (secondary N) is 3. The van der Waals surface area contributed by atoms with Crippen LogP contribution in [0.2, 0.25) is 0 Å². The summed E-state index contributed by atoms with van der Waals surface area (Å²) < 4.78 is 0. The van der Waals surface area contributed by atoms with Gasteiger partial charge in [-0.2, -0.15) is 0 Å². The van der Waals surface area contributed by atoms with Gasteiger partial charge in [0.25, 0.3) is 0 Å². The van der Waals surface area contributed by atoms with E-state index >= 15 is 0 Å². The number of benzene rings is 1. The number of rotatable bonds is 2. The van der Waals surface area contributed by atoms with Crippen LogP contribution in [-0.4, -0.2) is 60.0 Å². The number of nitrogens with zero attached hydrogens (tertiary/aromatic N) is 3. The number of aryl methyl sites for hydroxylation is 1. The van der Waals surface area contributed by atoms with E-state index in [2.05, 4.69) is 44.1 Å². The Morgan fingerprint density at radius 3 is 2.76 bits per heavy atom. The highest BCUT2D eigenvalue weighted by atomic mass is 16.2. The van der Waals surface area contributed by atoms with Crippen molar-refractivity contribution in [3.8, 4) is 11.1 Å². The van der Waals surface area contributed by atoms with Crippen molar-refractivity contribution in [1.82, 2.24) is 20.2 Å². The number of carbonyl (C=O) groups is 1. The smallest absolute Gasteiger partial charge is 0.236 e. The Morgan fingerprint density at radius 1 is 0.971 bits per heavy atom. The zero-order chi connectivity index (χ0) is 23.6. The molecule has 34 heavy (non-hydrogen) atoms. The molecule has 6 bridgehead atoms. The van der Waals surface area contributed by atoms with E-state index in [1.165, 1.54) is 5.56 Å². The zero-order valence-corrected chi connectivity index (χ0v) is 19.5. The molecule has 8 heteroatoms. The van der Waals surface area contributed by atoms with Crippen molar-refractivity contribution < 1.29 is 4.79 Å². The number of amides is 1. The van der Waals surface area contributed by atoms with Gasteiger partial charge in [0.2, 0.25) is 5.91 Å². The van der Waals surface area contributed by atoms with E-state index in [9.17, 15) is 4.79 Å². The Bertz CT molecular complexity index is 1070. The van der Waals surface area contributed by atoms with Crippen LogP contribution in [0.5, 0.6) is 0 Å². The summed E-state index contributed by atoms with van der Waals surface area (Å²) in [4.78, 5) is 23.5. The average Bonchev–Trinajstić information content (AvgIpc) is 2.86. The number of hydrogen-bond donors (Lipinski definition) is 4. The number of hydrogen-bond acceptors (Lipinski definition) is 7. The summed E-state index contributed by atoms with van der Waals surface area (Å²) in [6, 6.07) is 16.4. The highest BCUT2D eigenvalue weighted by Gasteiger charge is 2.12. The van der Waals surface area contributed by atoms with Crippen molar-refractivity contribution >= 4 is 23.2 Å². The van der Waals surface area contributed by atoms with Gasteiger partial charge in [-0.05, 0) is 66.8 Å². The number of nitrogens with two attached hydrogens (primary N) is 1. The first-order chi connectivity index (χ1) is 16.7. The first kappa shape index (κ1) is 23.7. The summed E-state index contributed by atoms with van der Waals surface area (Å²) in [5.41, 5.74) is 10.1. The quantitative estimate of drug-likeness (QED) is 0.436. The van der Waals surface area contributed by atoms with Crippen molar-refractivity contribution in [2.75, 3.05) is 49.9 Å². The average molecular weight is 460 g/mol. The van der Waals surface area contributed by atoms with E-state index in [-0.39, 0.29) is 5.91 Å². The van der Waals surface area contributed by atoms with E-state index in [0.29, 0.717) is 32.7 Å². The standard InChI is InChI=1S/C26H33N7O/c27-10-15-33-14-2-1-4-20-5-3-6-23(16-20)32-25-17-21(9-11-29-25)22-7-8-24(31-18-22)30-13-12-28-19-26(33)34/h3,5-9,11,16-18,28H,1-2,4,10,12-15,19,27H2,(H,29,32)(H,30,31). The van der Waals surface area contributed by atoms with Crippen LogP contribution in [0.1, 0.15) is 18.4 Å². The molecule has 1 aromatic carbocycles. The van der Waals surface area contributed by atoms with Gasteiger partial charge in [-0.25, -0.2) is 9.97 Å². The third kappa shape index (κ3) is 6.76. The van der Waals surface area contributed by atoms with Gasteiger partial charge in [-0.15, -0.1) is 0 Å². The van der Waals surface area contributed by atoms with Crippen LogP contribution in [0.3, 0.4) is 0 Å². The number of aromatic nitrogens is 2. The van der Waals surface area contributed by atoms with Crippen LogP contribution in [-0.2, 0) is 11.2 Å². The lowest BCUT2D eigenvalue weighted by molar-refractivity contribution is -0.130. The Hall–Kier alpha value is -3.49. The third-order valence-corrected chi connectivity index (χ3v) is 5.84. The lowest BCUT2D eigenvalue weighted by Crippen LogP contribution is -2.42. The summed E-state index contributed by atoms with van der Waals surface area (Å²) in [5.74, 6) is 1.68. The highest BCUT2D eigenvalue weighted by molar-refractivity contribution is 5.78. The fourth-order valence-electron chi connectivity index (χ4n) is 4.04. The van der Waals surface area contributed by atoms with E-state index in [0.717, 1.165) is 54.3 Å². The molecule has 0 saturated carbocycles. The summed E-state index contributed by atoms with van der Waals surface area (Å²) in [6.07, 6.45) is 6.57. The molecule has 5 rings (SSSR count). The molecule has 3 aromatic rings. The van der Waals surface area contributed by atoms with Gasteiger partial charge in [0.1, 0.15) is 11.6 Å². The Balaban J connectivity index is 1.52. The van der Waals surface area contributed by atoms with Crippen LogP contribution in [0.4, 0.5) is 17.3 Å². The van der Waals surface area contributed by atoms with E-state index in [1.54, 1.807) is 0 Å². The molecule has 2 aromatic heterocycles. The van der Waals surface area contributed by atoms with Gasteiger partial charge < -0.3 is 26.6 Å². The molecule has 0 unspecified atom stereocenters.